The largest absolute Gasteiger partial charge is 0.508 e. The van der Waals surface area contributed by atoms with Gasteiger partial charge in [-0.1, -0.05) is 45.0 Å². The molecule has 158 valence electrons. The van der Waals surface area contributed by atoms with Gasteiger partial charge in [0.15, 0.2) is 5.82 Å². The number of hydrogen-bond acceptors (Lipinski definition) is 6. The summed E-state index contributed by atoms with van der Waals surface area (Å²) in [6.45, 7) is 14.3. The van der Waals surface area contributed by atoms with Crippen molar-refractivity contribution in [3.05, 3.63) is 47.9 Å². The summed E-state index contributed by atoms with van der Waals surface area (Å²) < 4.78 is 1.82. The lowest BCUT2D eigenvalue weighted by Gasteiger charge is -2.23. The number of aliphatic imine (C=N–C) groups is 1. The summed E-state index contributed by atoms with van der Waals surface area (Å²) in [6.07, 6.45) is 4.16. The normalized spacial score (nSPS) is 13.0. The van der Waals surface area contributed by atoms with E-state index in [2.05, 4.69) is 53.2 Å². The average molecular weight is 400 g/mol. The van der Waals surface area contributed by atoms with Gasteiger partial charge >= 0.3 is 0 Å². The second-order valence-electron chi connectivity index (χ2n) is 8.49. The van der Waals surface area contributed by atoms with Gasteiger partial charge < -0.3 is 15.3 Å². The Balaban J connectivity index is 2.22. The topological polar surface area (TPSA) is 91.5 Å². The highest BCUT2D eigenvalue weighted by molar-refractivity contribution is 5.55. The highest BCUT2D eigenvalue weighted by atomic mass is 16.3. The van der Waals surface area contributed by atoms with E-state index in [4.69, 9.17) is 0 Å². The lowest BCUT2D eigenvalue weighted by molar-refractivity contribution is 0.309. The van der Waals surface area contributed by atoms with E-state index in [1.165, 1.54) is 6.20 Å². The number of benzene rings is 1. The molecule has 2 N–H and O–H groups in total. The van der Waals surface area contributed by atoms with Gasteiger partial charge in [-0.3, -0.25) is 0 Å². The first-order valence-corrected chi connectivity index (χ1v) is 9.84. The van der Waals surface area contributed by atoms with E-state index >= 15 is 0 Å². The van der Waals surface area contributed by atoms with Gasteiger partial charge in [0.05, 0.1) is 12.4 Å². The summed E-state index contributed by atoms with van der Waals surface area (Å²) >= 11 is 0. The summed E-state index contributed by atoms with van der Waals surface area (Å²) in [4.78, 5) is 6.03. The van der Waals surface area contributed by atoms with Crippen LogP contribution in [0.25, 0.3) is 0 Å². The van der Waals surface area contributed by atoms with Crippen molar-refractivity contribution in [1.82, 2.24) is 30.4 Å². The standard InChI is InChI=1S/C21H33N7O/c1-7-22-15-27(6)12-8-11-23-19(17-13-16(2)9-10-18(17)29)20-24-25-26-28(20)14-21(3,4)5/h7,9-10,13,15,19,23,29H,1,8,11-12,14H2,2-6H3. The summed E-state index contributed by atoms with van der Waals surface area (Å²) in [5.41, 5.74) is 1.87. The maximum Gasteiger partial charge on any atom is 0.172 e. The fraction of sp³-hybridized carbons (Fsp3) is 0.524. The zero-order valence-corrected chi connectivity index (χ0v) is 18.1. The summed E-state index contributed by atoms with van der Waals surface area (Å²) in [6, 6.07) is 5.28. The van der Waals surface area contributed by atoms with Gasteiger partial charge in [-0.15, -0.1) is 5.10 Å². The minimum atomic E-state index is -0.306. The number of hydrogen-bond donors (Lipinski definition) is 2. The second-order valence-corrected chi connectivity index (χ2v) is 8.49. The quantitative estimate of drug-likeness (QED) is 0.363. The molecule has 0 aliphatic heterocycles. The van der Waals surface area contributed by atoms with Crippen molar-refractivity contribution in [3.8, 4) is 5.75 Å². The summed E-state index contributed by atoms with van der Waals surface area (Å²) in [7, 11) is 1.97. The van der Waals surface area contributed by atoms with Crippen LogP contribution in [0.2, 0.25) is 0 Å². The lowest BCUT2D eigenvalue weighted by Crippen LogP contribution is -2.30. The van der Waals surface area contributed by atoms with Crippen LogP contribution in [0.1, 0.15) is 50.2 Å². The van der Waals surface area contributed by atoms with Crippen LogP contribution in [0.15, 0.2) is 36.0 Å². The Morgan fingerprint density at radius 1 is 1.38 bits per heavy atom. The van der Waals surface area contributed by atoms with Crippen molar-refractivity contribution in [2.75, 3.05) is 20.1 Å². The number of tetrazole rings is 1. The molecule has 1 atom stereocenters. The lowest BCUT2D eigenvalue weighted by atomic mass is 9.96. The van der Waals surface area contributed by atoms with Crippen molar-refractivity contribution in [3.63, 3.8) is 0 Å². The second kappa shape index (κ2) is 10.2. The molecule has 1 unspecified atom stereocenters. The van der Waals surface area contributed by atoms with Gasteiger partial charge in [0.2, 0.25) is 0 Å². The minimum Gasteiger partial charge on any atom is -0.508 e. The molecule has 0 amide bonds. The highest BCUT2D eigenvalue weighted by Gasteiger charge is 2.25. The van der Waals surface area contributed by atoms with Gasteiger partial charge in [-0.25, -0.2) is 9.67 Å². The molecule has 0 radical (unpaired) electrons. The number of nitrogens with one attached hydrogen (secondary N) is 1. The molecule has 8 nitrogen and oxygen atoms in total. The van der Waals surface area contributed by atoms with Gasteiger partial charge in [0.1, 0.15) is 5.75 Å². The van der Waals surface area contributed by atoms with E-state index in [1.54, 1.807) is 12.4 Å². The highest BCUT2D eigenvalue weighted by Crippen LogP contribution is 2.30. The molecule has 1 heterocycles. The molecule has 0 fully saturated rings. The Bertz CT molecular complexity index is 823. The van der Waals surface area contributed by atoms with Crippen LogP contribution in [0, 0.1) is 12.3 Å². The number of nitrogens with zero attached hydrogens (tertiary/aromatic N) is 6. The monoisotopic (exact) mass is 399 g/mol. The van der Waals surface area contributed by atoms with Crippen LogP contribution < -0.4 is 5.32 Å². The Morgan fingerprint density at radius 3 is 2.83 bits per heavy atom. The van der Waals surface area contributed by atoms with E-state index in [0.29, 0.717) is 12.4 Å². The van der Waals surface area contributed by atoms with Crippen LogP contribution in [-0.2, 0) is 6.54 Å². The third-order valence-electron chi connectivity index (χ3n) is 4.34. The Morgan fingerprint density at radius 2 is 2.14 bits per heavy atom. The van der Waals surface area contributed by atoms with Crippen LogP contribution in [0.3, 0.4) is 0 Å². The summed E-state index contributed by atoms with van der Waals surface area (Å²) in [5.74, 6) is 0.927. The van der Waals surface area contributed by atoms with E-state index in [9.17, 15) is 5.11 Å². The third kappa shape index (κ3) is 6.98. The molecular weight excluding hydrogens is 366 g/mol. The van der Waals surface area contributed by atoms with Crippen LogP contribution >= 0.6 is 0 Å². The molecule has 0 aliphatic carbocycles. The van der Waals surface area contributed by atoms with Crippen molar-refractivity contribution >= 4 is 6.34 Å². The molecule has 0 bridgehead atoms. The molecule has 0 saturated carbocycles. The molecule has 29 heavy (non-hydrogen) atoms. The summed E-state index contributed by atoms with van der Waals surface area (Å²) in [5, 5.41) is 26.4. The van der Waals surface area contributed by atoms with Crippen LogP contribution in [-0.4, -0.2) is 56.7 Å². The van der Waals surface area contributed by atoms with Crippen molar-refractivity contribution in [1.29, 1.82) is 0 Å². The van der Waals surface area contributed by atoms with Gasteiger partial charge in [0.25, 0.3) is 0 Å². The number of phenols is 1. The molecule has 2 rings (SSSR count). The predicted octanol–water partition coefficient (Wildman–Crippen LogP) is 2.91. The third-order valence-corrected chi connectivity index (χ3v) is 4.34. The zero-order chi connectivity index (χ0) is 21.4. The molecular formula is C21H33N7O. The number of phenolic OH excluding ortho intramolecular Hbond substituents is 1. The zero-order valence-electron chi connectivity index (χ0n) is 18.1. The van der Waals surface area contributed by atoms with Crippen molar-refractivity contribution in [2.45, 2.75) is 46.7 Å². The number of aromatic hydroxyl groups is 1. The van der Waals surface area contributed by atoms with E-state index in [1.807, 2.05) is 35.7 Å². The van der Waals surface area contributed by atoms with Gasteiger partial charge in [-0.05, 0) is 41.8 Å². The molecule has 0 aliphatic rings. The Kier molecular flexibility index (Phi) is 7.90. The van der Waals surface area contributed by atoms with Crippen LogP contribution in [0.4, 0.5) is 0 Å². The average Bonchev–Trinajstić information content (AvgIpc) is 3.08. The molecule has 8 heteroatoms. The van der Waals surface area contributed by atoms with Gasteiger partial charge in [-0.2, -0.15) is 0 Å². The molecule has 1 aromatic carbocycles. The number of rotatable bonds is 10. The SMILES string of the molecule is C=CN=CN(C)CCCNC(c1cc(C)ccc1O)c1nnnn1CC(C)(C)C. The maximum atomic E-state index is 10.5. The molecule has 1 aromatic heterocycles. The first-order valence-electron chi connectivity index (χ1n) is 9.84. The van der Waals surface area contributed by atoms with Gasteiger partial charge in [0, 0.05) is 31.9 Å². The van der Waals surface area contributed by atoms with Crippen LogP contribution in [0.5, 0.6) is 5.75 Å². The first-order chi connectivity index (χ1) is 13.7. The molecule has 0 saturated heterocycles. The van der Waals surface area contributed by atoms with Crippen molar-refractivity contribution < 1.29 is 5.11 Å². The number of aromatic nitrogens is 4. The number of aryl methyl sites for hydroxylation is 1. The minimum absolute atomic E-state index is 0.0243. The fourth-order valence-electron chi connectivity index (χ4n) is 3.02. The van der Waals surface area contributed by atoms with E-state index in [0.717, 1.165) is 30.6 Å². The Hall–Kier alpha value is -2.74. The van der Waals surface area contributed by atoms with E-state index in [-0.39, 0.29) is 17.2 Å². The predicted molar refractivity (Wildman–Crippen MR) is 116 cm³/mol. The first kappa shape index (κ1) is 22.5. The smallest absolute Gasteiger partial charge is 0.172 e. The van der Waals surface area contributed by atoms with E-state index < -0.39 is 0 Å². The van der Waals surface area contributed by atoms with Crippen molar-refractivity contribution in [2.24, 2.45) is 10.4 Å². The fourth-order valence-corrected chi connectivity index (χ4v) is 3.02. The molecule has 0 spiro atoms. The Labute approximate surface area is 173 Å². The maximum absolute atomic E-state index is 10.5. The molecule has 2 aromatic rings.